The van der Waals surface area contributed by atoms with E-state index < -0.39 is 29.5 Å². The first-order chi connectivity index (χ1) is 11.1. The van der Waals surface area contributed by atoms with E-state index in [4.69, 9.17) is 16.7 Å². The molecule has 24 heavy (non-hydrogen) atoms. The van der Waals surface area contributed by atoms with E-state index in [1.165, 1.54) is 4.90 Å². The van der Waals surface area contributed by atoms with E-state index in [2.05, 4.69) is 0 Å². The van der Waals surface area contributed by atoms with Gasteiger partial charge in [0.05, 0.1) is 16.1 Å². The van der Waals surface area contributed by atoms with Gasteiger partial charge in [0.2, 0.25) is 0 Å². The number of piperazine rings is 1. The highest BCUT2D eigenvalue weighted by Crippen LogP contribution is 2.32. The number of aliphatic carboxylic acids is 1. The second kappa shape index (κ2) is 6.68. The van der Waals surface area contributed by atoms with E-state index in [9.17, 15) is 27.6 Å². The highest BCUT2D eigenvalue weighted by atomic mass is 35.5. The summed E-state index contributed by atoms with van der Waals surface area (Å²) in [6.45, 7) is 0.175. The molecular formula is C14H12ClF3N2O4. The zero-order chi connectivity index (χ0) is 18.1. The quantitative estimate of drug-likeness (QED) is 0.770. The Morgan fingerprint density at radius 3 is 2.04 bits per heavy atom. The molecule has 0 bridgehead atoms. The van der Waals surface area contributed by atoms with Crippen LogP contribution in [0.1, 0.15) is 15.9 Å². The SMILES string of the molecule is O=C(O)C(=O)N1CCN(C(=O)c2ccc(C(F)(F)F)cc2Cl)CC1. The third-order valence-electron chi connectivity index (χ3n) is 3.56. The van der Waals surface area contributed by atoms with Gasteiger partial charge in [0.15, 0.2) is 0 Å². The summed E-state index contributed by atoms with van der Waals surface area (Å²) in [5.74, 6) is -3.22. The van der Waals surface area contributed by atoms with Crippen molar-refractivity contribution < 1.29 is 32.7 Å². The number of benzene rings is 1. The second-order valence-electron chi connectivity index (χ2n) is 5.08. The highest BCUT2D eigenvalue weighted by Gasteiger charge is 2.32. The number of hydrogen-bond acceptors (Lipinski definition) is 3. The molecule has 0 aromatic heterocycles. The number of carboxylic acid groups (broad SMARTS) is 1. The molecule has 0 radical (unpaired) electrons. The van der Waals surface area contributed by atoms with Gasteiger partial charge >= 0.3 is 18.1 Å². The molecule has 1 aliphatic heterocycles. The lowest BCUT2D eigenvalue weighted by Gasteiger charge is -2.34. The van der Waals surface area contributed by atoms with E-state index in [0.29, 0.717) is 6.07 Å². The summed E-state index contributed by atoms with van der Waals surface area (Å²) < 4.78 is 37.8. The molecule has 1 saturated heterocycles. The Balaban J connectivity index is 2.08. The summed E-state index contributed by atoms with van der Waals surface area (Å²) in [5.41, 5.74) is -1.04. The van der Waals surface area contributed by atoms with Gasteiger partial charge in [0, 0.05) is 26.2 Å². The number of carbonyl (C=O) groups is 3. The molecule has 6 nitrogen and oxygen atoms in total. The van der Waals surface area contributed by atoms with Crippen molar-refractivity contribution >= 4 is 29.4 Å². The molecule has 0 saturated carbocycles. The fraction of sp³-hybridized carbons (Fsp3) is 0.357. The van der Waals surface area contributed by atoms with Crippen molar-refractivity contribution in [3.05, 3.63) is 34.3 Å². The van der Waals surface area contributed by atoms with Gasteiger partial charge < -0.3 is 14.9 Å². The van der Waals surface area contributed by atoms with Gasteiger partial charge in [-0.15, -0.1) is 0 Å². The molecule has 1 aromatic carbocycles. The smallest absolute Gasteiger partial charge is 0.416 e. The van der Waals surface area contributed by atoms with Crippen LogP contribution in [0.4, 0.5) is 13.2 Å². The van der Waals surface area contributed by atoms with Crippen LogP contribution in [-0.2, 0) is 15.8 Å². The van der Waals surface area contributed by atoms with Gasteiger partial charge in [-0.25, -0.2) is 4.79 Å². The Morgan fingerprint density at radius 1 is 1.04 bits per heavy atom. The number of hydrogen-bond donors (Lipinski definition) is 1. The Kier molecular flexibility index (Phi) is 5.02. The second-order valence-corrected chi connectivity index (χ2v) is 5.49. The van der Waals surface area contributed by atoms with Gasteiger partial charge in [-0.3, -0.25) is 9.59 Å². The molecule has 0 aliphatic carbocycles. The van der Waals surface area contributed by atoms with Gasteiger partial charge in [-0.05, 0) is 18.2 Å². The Bertz CT molecular complexity index is 685. The Hall–Kier alpha value is -2.29. The van der Waals surface area contributed by atoms with Crippen LogP contribution in [0.3, 0.4) is 0 Å². The predicted molar refractivity (Wildman–Crippen MR) is 76.6 cm³/mol. The van der Waals surface area contributed by atoms with Gasteiger partial charge in [-0.1, -0.05) is 11.6 Å². The van der Waals surface area contributed by atoms with Gasteiger partial charge in [0.25, 0.3) is 5.91 Å². The van der Waals surface area contributed by atoms with Crippen LogP contribution in [-0.4, -0.2) is 58.9 Å². The monoisotopic (exact) mass is 364 g/mol. The number of amides is 2. The minimum atomic E-state index is -4.56. The van der Waals surface area contributed by atoms with E-state index in [1.54, 1.807) is 0 Å². The number of nitrogens with zero attached hydrogens (tertiary/aromatic N) is 2. The van der Waals surface area contributed by atoms with Crippen LogP contribution in [0, 0.1) is 0 Å². The maximum Gasteiger partial charge on any atom is 0.416 e. The minimum Gasteiger partial charge on any atom is -0.474 e. The van der Waals surface area contributed by atoms with Crippen LogP contribution >= 0.6 is 11.6 Å². The zero-order valence-corrected chi connectivity index (χ0v) is 12.9. The maximum atomic E-state index is 12.6. The molecule has 10 heteroatoms. The van der Waals surface area contributed by atoms with Crippen LogP contribution < -0.4 is 0 Å². The minimum absolute atomic E-state index is 0.0229. The summed E-state index contributed by atoms with van der Waals surface area (Å²) in [6, 6.07) is 2.45. The average molecular weight is 365 g/mol. The molecule has 2 amide bonds. The highest BCUT2D eigenvalue weighted by molar-refractivity contribution is 6.34. The molecule has 1 aromatic rings. The lowest BCUT2D eigenvalue weighted by Crippen LogP contribution is -2.52. The fourth-order valence-electron chi connectivity index (χ4n) is 2.28. The van der Waals surface area contributed by atoms with E-state index in [0.717, 1.165) is 17.0 Å². The molecule has 130 valence electrons. The first kappa shape index (κ1) is 18.1. The fourth-order valence-corrected chi connectivity index (χ4v) is 2.54. The van der Waals surface area contributed by atoms with Crippen molar-refractivity contribution in [1.82, 2.24) is 9.80 Å². The zero-order valence-electron chi connectivity index (χ0n) is 12.1. The Morgan fingerprint density at radius 2 is 1.58 bits per heavy atom. The third-order valence-corrected chi connectivity index (χ3v) is 3.88. The normalized spacial score (nSPS) is 15.3. The van der Waals surface area contributed by atoms with Crippen molar-refractivity contribution in [2.24, 2.45) is 0 Å². The van der Waals surface area contributed by atoms with Crippen molar-refractivity contribution in [2.75, 3.05) is 26.2 Å². The van der Waals surface area contributed by atoms with Gasteiger partial charge in [-0.2, -0.15) is 13.2 Å². The summed E-state index contributed by atoms with van der Waals surface area (Å²) in [4.78, 5) is 36.7. The van der Waals surface area contributed by atoms with Crippen LogP contribution in [0.5, 0.6) is 0 Å². The van der Waals surface area contributed by atoms with E-state index >= 15 is 0 Å². The number of halogens is 4. The summed E-state index contributed by atoms with van der Waals surface area (Å²) in [5, 5.41) is 8.31. The standard InChI is InChI=1S/C14H12ClF3N2O4/c15-10-7-8(14(16,17)18)1-2-9(10)11(21)19-3-5-20(6-4-19)12(22)13(23)24/h1-2,7H,3-6H2,(H,23,24). The van der Waals surface area contributed by atoms with E-state index in [1.807, 2.05) is 0 Å². The van der Waals surface area contributed by atoms with Crippen molar-refractivity contribution in [3.8, 4) is 0 Å². The summed E-state index contributed by atoms with van der Waals surface area (Å²) in [6.07, 6.45) is -4.56. The molecule has 1 N–H and O–H groups in total. The third kappa shape index (κ3) is 3.78. The summed E-state index contributed by atoms with van der Waals surface area (Å²) in [7, 11) is 0. The molecule has 0 atom stereocenters. The van der Waals surface area contributed by atoms with Crippen molar-refractivity contribution in [3.63, 3.8) is 0 Å². The summed E-state index contributed by atoms with van der Waals surface area (Å²) >= 11 is 5.78. The number of carbonyl (C=O) groups excluding carboxylic acids is 2. The van der Waals surface area contributed by atoms with E-state index in [-0.39, 0.29) is 36.8 Å². The molecule has 1 heterocycles. The number of rotatable bonds is 1. The lowest BCUT2D eigenvalue weighted by atomic mass is 10.1. The van der Waals surface area contributed by atoms with Crippen LogP contribution in [0.2, 0.25) is 5.02 Å². The molecule has 1 fully saturated rings. The van der Waals surface area contributed by atoms with Crippen LogP contribution in [0.15, 0.2) is 18.2 Å². The van der Waals surface area contributed by atoms with Crippen LogP contribution in [0.25, 0.3) is 0 Å². The number of alkyl halides is 3. The average Bonchev–Trinajstić information content (AvgIpc) is 2.52. The topological polar surface area (TPSA) is 77.9 Å². The lowest BCUT2D eigenvalue weighted by molar-refractivity contribution is -0.156. The van der Waals surface area contributed by atoms with Gasteiger partial charge in [0.1, 0.15) is 0 Å². The predicted octanol–water partition coefficient (Wildman–Crippen LogP) is 1.73. The van der Waals surface area contributed by atoms with Crippen molar-refractivity contribution in [1.29, 1.82) is 0 Å². The first-order valence-electron chi connectivity index (χ1n) is 6.79. The largest absolute Gasteiger partial charge is 0.474 e. The molecular weight excluding hydrogens is 353 g/mol. The maximum absolute atomic E-state index is 12.6. The number of carboxylic acids is 1. The molecule has 2 rings (SSSR count). The molecule has 0 unspecified atom stereocenters. The molecule has 1 aliphatic rings. The Labute approximate surface area is 139 Å². The molecule has 0 spiro atoms. The van der Waals surface area contributed by atoms with Crippen molar-refractivity contribution in [2.45, 2.75) is 6.18 Å². The first-order valence-corrected chi connectivity index (χ1v) is 7.17.